The first-order chi connectivity index (χ1) is 14.3. The molecule has 1 heterocycles. The summed E-state index contributed by atoms with van der Waals surface area (Å²) in [6.07, 6.45) is 1.27. The van der Waals surface area contributed by atoms with E-state index in [-0.39, 0.29) is 27.8 Å². The number of furan rings is 1. The molecule has 0 atom stereocenters. The number of non-ortho nitro benzene ring substituents is 1. The van der Waals surface area contributed by atoms with Gasteiger partial charge >= 0.3 is 0 Å². The lowest BCUT2D eigenvalue weighted by atomic mass is 10.1. The molecular weight excluding hydrogens is 429 g/mol. The zero-order valence-corrected chi connectivity index (χ0v) is 17.0. The molecule has 2 aromatic carbocycles. The summed E-state index contributed by atoms with van der Waals surface area (Å²) in [7, 11) is 0. The highest BCUT2D eigenvalue weighted by molar-refractivity contribution is 6.33. The first kappa shape index (κ1) is 21.1. The molecule has 1 amide bonds. The molecule has 30 heavy (non-hydrogen) atoms. The number of nitro groups is 1. The largest absolute Gasteiger partial charge is 0.457 e. The maximum Gasteiger partial charge on any atom is 0.270 e. The van der Waals surface area contributed by atoms with Crippen molar-refractivity contribution in [2.24, 2.45) is 0 Å². The highest BCUT2D eigenvalue weighted by Crippen LogP contribution is 2.33. The van der Waals surface area contributed by atoms with Gasteiger partial charge in [-0.05, 0) is 48.9 Å². The van der Waals surface area contributed by atoms with Crippen LogP contribution in [0.3, 0.4) is 0 Å². The standard InChI is InChI=1S/C21H13Cl2N3O4/c1-12-8-14(22)2-6-19(12)25-21(27)13(11-24)9-16-4-7-20(30-16)17-10-15(26(28)29)3-5-18(17)23/h2-10H,1H3,(H,25,27)/b13-9+. The predicted molar refractivity (Wildman–Crippen MR) is 114 cm³/mol. The van der Waals surface area contributed by atoms with Gasteiger partial charge in [0.05, 0.1) is 9.95 Å². The van der Waals surface area contributed by atoms with Crippen molar-refractivity contribution in [3.8, 4) is 17.4 Å². The summed E-state index contributed by atoms with van der Waals surface area (Å²) in [6.45, 7) is 1.78. The van der Waals surface area contributed by atoms with Gasteiger partial charge in [0.2, 0.25) is 0 Å². The van der Waals surface area contributed by atoms with E-state index in [1.165, 1.54) is 30.3 Å². The van der Waals surface area contributed by atoms with Crippen LogP contribution in [-0.2, 0) is 4.79 Å². The van der Waals surface area contributed by atoms with Crippen molar-refractivity contribution in [1.29, 1.82) is 5.26 Å². The summed E-state index contributed by atoms with van der Waals surface area (Å²) in [5.41, 5.74) is 1.27. The van der Waals surface area contributed by atoms with Gasteiger partial charge in [0.1, 0.15) is 23.2 Å². The maximum atomic E-state index is 12.5. The fraction of sp³-hybridized carbons (Fsp3) is 0.0476. The topological polar surface area (TPSA) is 109 Å². The van der Waals surface area contributed by atoms with Crippen molar-refractivity contribution in [2.75, 3.05) is 5.32 Å². The molecule has 0 aliphatic rings. The summed E-state index contributed by atoms with van der Waals surface area (Å²) in [6, 6.07) is 13.8. The van der Waals surface area contributed by atoms with Gasteiger partial charge in [-0.15, -0.1) is 0 Å². The first-order valence-electron chi connectivity index (χ1n) is 8.52. The lowest BCUT2D eigenvalue weighted by Crippen LogP contribution is -2.14. The van der Waals surface area contributed by atoms with Gasteiger partial charge in [0, 0.05) is 34.5 Å². The van der Waals surface area contributed by atoms with Gasteiger partial charge in [0.25, 0.3) is 11.6 Å². The normalized spacial score (nSPS) is 11.1. The van der Waals surface area contributed by atoms with Crippen LogP contribution in [0.5, 0.6) is 0 Å². The van der Waals surface area contributed by atoms with E-state index < -0.39 is 10.8 Å². The molecule has 0 aliphatic carbocycles. The van der Waals surface area contributed by atoms with E-state index in [1.54, 1.807) is 31.2 Å². The van der Waals surface area contributed by atoms with Crippen LogP contribution in [0, 0.1) is 28.4 Å². The van der Waals surface area contributed by atoms with Gasteiger partial charge in [0.15, 0.2) is 0 Å². The Morgan fingerprint density at radius 2 is 1.97 bits per heavy atom. The fourth-order valence-corrected chi connectivity index (χ4v) is 3.08. The number of nitriles is 1. The Labute approximate surface area is 181 Å². The molecule has 3 rings (SSSR count). The minimum Gasteiger partial charge on any atom is -0.457 e. The van der Waals surface area contributed by atoms with Crippen LogP contribution < -0.4 is 5.32 Å². The number of nitrogens with zero attached hydrogens (tertiary/aromatic N) is 2. The quantitative estimate of drug-likeness (QED) is 0.225. The molecule has 1 aromatic heterocycles. The SMILES string of the molecule is Cc1cc(Cl)ccc1NC(=O)/C(C#N)=C/c1ccc(-c2cc([N+](=O)[O-])ccc2Cl)o1. The molecule has 0 saturated carbocycles. The van der Waals surface area contributed by atoms with Gasteiger partial charge in [-0.2, -0.15) is 5.26 Å². The average molecular weight is 442 g/mol. The molecular formula is C21H13Cl2N3O4. The zero-order chi connectivity index (χ0) is 21.8. The summed E-state index contributed by atoms with van der Waals surface area (Å²) in [5.74, 6) is -0.137. The summed E-state index contributed by atoms with van der Waals surface area (Å²) >= 11 is 12.0. The van der Waals surface area contributed by atoms with E-state index in [0.29, 0.717) is 16.3 Å². The van der Waals surface area contributed by atoms with Crippen molar-refractivity contribution in [3.63, 3.8) is 0 Å². The Hall–Kier alpha value is -3.60. The molecule has 3 aromatic rings. The molecule has 1 N–H and O–H groups in total. The number of hydrogen-bond donors (Lipinski definition) is 1. The second-order valence-electron chi connectivity index (χ2n) is 6.21. The number of anilines is 1. The highest BCUT2D eigenvalue weighted by Gasteiger charge is 2.16. The summed E-state index contributed by atoms with van der Waals surface area (Å²) < 4.78 is 5.63. The third-order valence-electron chi connectivity index (χ3n) is 4.14. The average Bonchev–Trinajstić information content (AvgIpc) is 3.16. The lowest BCUT2D eigenvalue weighted by Gasteiger charge is -2.07. The monoisotopic (exact) mass is 441 g/mol. The van der Waals surface area contributed by atoms with Crippen LogP contribution in [-0.4, -0.2) is 10.8 Å². The van der Waals surface area contributed by atoms with Crippen LogP contribution in [0.1, 0.15) is 11.3 Å². The van der Waals surface area contributed by atoms with Gasteiger partial charge in [-0.3, -0.25) is 14.9 Å². The molecule has 9 heteroatoms. The molecule has 150 valence electrons. The smallest absolute Gasteiger partial charge is 0.270 e. The van der Waals surface area contributed by atoms with Crippen LogP contribution in [0.25, 0.3) is 17.4 Å². The van der Waals surface area contributed by atoms with E-state index >= 15 is 0 Å². The molecule has 0 unspecified atom stereocenters. The van der Waals surface area contributed by atoms with E-state index in [1.807, 2.05) is 6.07 Å². The van der Waals surface area contributed by atoms with Crippen LogP contribution in [0.15, 0.2) is 58.5 Å². The minimum absolute atomic E-state index is 0.140. The number of aryl methyl sites for hydroxylation is 1. The van der Waals surface area contributed by atoms with E-state index in [2.05, 4.69) is 5.32 Å². The van der Waals surface area contributed by atoms with E-state index in [4.69, 9.17) is 27.6 Å². The molecule has 0 spiro atoms. The Morgan fingerprint density at radius 3 is 2.63 bits per heavy atom. The van der Waals surface area contributed by atoms with E-state index in [0.717, 1.165) is 5.56 Å². The third-order valence-corrected chi connectivity index (χ3v) is 4.71. The summed E-state index contributed by atoms with van der Waals surface area (Å²) in [5, 5.41) is 23.8. The number of carbonyl (C=O) groups is 1. The molecule has 0 saturated heterocycles. The lowest BCUT2D eigenvalue weighted by molar-refractivity contribution is -0.384. The van der Waals surface area contributed by atoms with Crippen molar-refractivity contribution in [3.05, 3.63) is 85.6 Å². The first-order valence-corrected chi connectivity index (χ1v) is 9.27. The Balaban J connectivity index is 1.87. The Bertz CT molecular complexity index is 1230. The van der Waals surface area contributed by atoms with E-state index in [9.17, 15) is 20.2 Å². The summed E-state index contributed by atoms with van der Waals surface area (Å²) in [4.78, 5) is 22.9. The molecule has 0 bridgehead atoms. The highest BCUT2D eigenvalue weighted by atomic mass is 35.5. The predicted octanol–water partition coefficient (Wildman–Crippen LogP) is 6.02. The maximum absolute atomic E-state index is 12.5. The van der Waals surface area contributed by atoms with Crippen molar-refractivity contribution in [2.45, 2.75) is 6.92 Å². The van der Waals surface area contributed by atoms with Gasteiger partial charge in [-0.25, -0.2) is 0 Å². The molecule has 0 fully saturated rings. The van der Waals surface area contributed by atoms with Crippen LogP contribution in [0.4, 0.5) is 11.4 Å². The zero-order valence-electron chi connectivity index (χ0n) is 15.5. The second-order valence-corrected chi connectivity index (χ2v) is 7.05. The number of hydrogen-bond acceptors (Lipinski definition) is 5. The van der Waals surface area contributed by atoms with Crippen molar-refractivity contribution >= 4 is 46.6 Å². The number of amides is 1. The second kappa shape index (κ2) is 8.82. The number of halogens is 2. The third kappa shape index (κ3) is 4.69. The molecule has 7 nitrogen and oxygen atoms in total. The molecule has 0 aliphatic heterocycles. The Morgan fingerprint density at radius 1 is 1.20 bits per heavy atom. The number of nitrogens with one attached hydrogen (secondary N) is 1. The minimum atomic E-state index is -0.616. The number of carbonyl (C=O) groups excluding carboxylic acids is 1. The van der Waals surface area contributed by atoms with Crippen LogP contribution in [0.2, 0.25) is 10.0 Å². The fourth-order valence-electron chi connectivity index (χ4n) is 2.64. The van der Waals surface area contributed by atoms with Gasteiger partial charge in [-0.1, -0.05) is 23.2 Å². The number of nitro benzene ring substituents is 1. The van der Waals surface area contributed by atoms with Crippen molar-refractivity contribution < 1.29 is 14.1 Å². The number of benzene rings is 2. The Kier molecular flexibility index (Phi) is 6.21. The number of rotatable bonds is 5. The van der Waals surface area contributed by atoms with Gasteiger partial charge < -0.3 is 9.73 Å². The van der Waals surface area contributed by atoms with Crippen LogP contribution >= 0.6 is 23.2 Å². The molecule has 0 radical (unpaired) electrons. The van der Waals surface area contributed by atoms with Crippen molar-refractivity contribution in [1.82, 2.24) is 0 Å².